The normalized spacial score (nSPS) is 25.1. The number of hydrogen-bond acceptors (Lipinski definition) is 2. The van der Waals surface area contributed by atoms with Crippen molar-refractivity contribution in [2.75, 3.05) is 0 Å². The Morgan fingerprint density at radius 2 is 2.21 bits per heavy atom. The molecule has 3 heteroatoms. The minimum atomic E-state index is -0.255. The number of rotatable bonds is 4. The summed E-state index contributed by atoms with van der Waals surface area (Å²) in [4.78, 5) is 0. The summed E-state index contributed by atoms with van der Waals surface area (Å²) in [6.07, 6.45) is 6.18. The van der Waals surface area contributed by atoms with Gasteiger partial charge in [0, 0.05) is 11.6 Å². The molecule has 1 fully saturated rings. The Balaban J connectivity index is 2.10. The molecule has 0 heterocycles. The van der Waals surface area contributed by atoms with Crippen LogP contribution in [0.4, 0.5) is 4.39 Å². The van der Waals surface area contributed by atoms with E-state index in [4.69, 9.17) is 10.5 Å². The van der Waals surface area contributed by atoms with Crippen molar-refractivity contribution in [1.82, 2.24) is 0 Å². The van der Waals surface area contributed by atoms with Crippen LogP contribution >= 0.6 is 0 Å². The number of nitrogens with two attached hydrogens (primary N) is 1. The number of benzene rings is 1. The molecule has 3 atom stereocenters. The molecule has 0 saturated heterocycles. The van der Waals surface area contributed by atoms with Gasteiger partial charge in [0.1, 0.15) is 11.6 Å². The first-order valence-electron chi connectivity index (χ1n) is 7.31. The zero-order valence-electron chi connectivity index (χ0n) is 11.9. The third-order valence-corrected chi connectivity index (χ3v) is 4.07. The lowest BCUT2D eigenvalue weighted by molar-refractivity contribution is 0.120. The van der Waals surface area contributed by atoms with Crippen molar-refractivity contribution >= 4 is 0 Å². The first-order valence-corrected chi connectivity index (χ1v) is 7.31. The second-order valence-electron chi connectivity index (χ2n) is 5.65. The minimum Gasteiger partial charge on any atom is -0.490 e. The topological polar surface area (TPSA) is 35.2 Å². The average molecular weight is 265 g/mol. The van der Waals surface area contributed by atoms with Crippen LogP contribution in [0.15, 0.2) is 18.2 Å². The fraction of sp³-hybridized carbons (Fsp3) is 0.625. The Hall–Kier alpha value is -1.09. The number of hydrogen-bond donors (Lipinski definition) is 1. The van der Waals surface area contributed by atoms with Gasteiger partial charge in [-0.15, -0.1) is 0 Å². The molecule has 0 radical (unpaired) electrons. The minimum absolute atomic E-state index is 0.212. The molecule has 0 aliphatic heterocycles. The van der Waals surface area contributed by atoms with Crippen LogP contribution in [0.2, 0.25) is 0 Å². The maximum Gasteiger partial charge on any atom is 0.124 e. The van der Waals surface area contributed by atoms with Gasteiger partial charge in [-0.25, -0.2) is 4.39 Å². The first-order chi connectivity index (χ1) is 9.10. The second kappa shape index (κ2) is 6.38. The van der Waals surface area contributed by atoms with Crippen molar-refractivity contribution in [2.45, 2.75) is 58.1 Å². The second-order valence-corrected chi connectivity index (χ2v) is 5.65. The lowest BCUT2D eigenvalue weighted by atomic mass is 9.85. The molecular formula is C16H24FNO. The van der Waals surface area contributed by atoms with Crippen molar-refractivity contribution < 1.29 is 9.13 Å². The zero-order chi connectivity index (χ0) is 13.8. The Kier molecular flexibility index (Phi) is 4.81. The van der Waals surface area contributed by atoms with E-state index < -0.39 is 0 Å². The van der Waals surface area contributed by atoms with E-state index in [0.29, 0.717) is 0 Å². The summed E-state index contributed by atoms with van der Waals surface area (Å²) in [5.41, 5.74) is 6.66. The largest absolute Gasteiger partial charge is 0.490 e. The molecule has 1 aromatic rings. The highest BCUT2D eigenvalue weighted by Gasteiger charge is 2.23. The maximum absolute atomic E-state index is 13.3. The Morgan fingerprint density at radius 3 is 2.89 bits per heavy atom. The molecule has 0 aromatic heterocycles. The number of halogens is 1. The molecule has 2 nitrogen and oxygen atoms in total. The molecule has 1 aliphatic rings. The van der Waals surface area contributed by atoms with Crippen LogP contribution in [0.3, 0.4) is 0 Å². The Morgan fingerprint density at radius 1 is 1.42 bits per heavy atom. The van der Waals surface area contributed by atoms with E-state index in [1.165, 1.54) is 31.4 Å². The van der Waals surface area contributed by atoms with Crippen LogP contribution in [0.25, 0.3) is 0 Å². The highest BCUT2D eigenvalue weighted by molar-refractivity contribution is 5.36. The molecule has 106 valence electrons. The van der Waals surface area contributed by atoms with Gasteiger partial charge in [0.25, 0.3) is 0 Å². The van der Waals surface area contributed by atoms with Gasteiger partial charge in [-0.05, 0) is 50.3 Å². The van der Waals surface area contributed by atoms with E-state index in [-0.39, 0.29) is 18.0 Å². The van der Waals surface area contributed by atoms with Crippen molar-refractivity contribution in [3.63, 3.8) is 0 Å². The summed E-state index contributed by atoms with van der Waals surface area (Å²) in [6, 6.07) is 4.43. The fourth-order valence-electron chi connectivity index (χ4n) is 2.88. The summed E-state index contributed by atoms with van der Waals surface area (Å²) >= 11 is 0. The van der Waals surface area contributed by atoms with Gasteiger partial charge < -0.3 is 10.5 Å². The van der Waals surface area contributed by atoms with E-state index in [1.807, 2.05) is 6.92 Å². The maximum atomic E-state index is 13.3. The van der Waals surface area contributed by atoms with Crippen molar-refractivity contribution in [3.05, 3.63) is 29.6 Å². The van der Waals surface area contributed by atoms with E-state index in [1.54, 1.807) is 6.07 Å². The third kappa shape index (κ3) is 3.69. The molecule has 2 N–H and O–H groups in total. The molecule has 0 bridgehead atoms. The molecular weight excluding hydrogens is 241 g/mol. The lowest BCUT2D eigenvalue weighted by Gasteiger charge is -2.30. The van der Waals surface area contributed by atoms with E-state index in [0.717, 1.165) is 30.1 Å². The summed E-state index contributed by atoms with van der Waals surface area (Å²) < 4.78 is 19.4. The van der Waals surface area contributed by atoms with Crippen molar-refractivity contribution in [3.8, 4) is 5.75 Å². The molecule has 2 rings (SSSR count). The molecule has 1 aromatic carbocycles. The lowest BCUT2D eigenvalue weighted by Crippen LogP contribution is -2.26. The van der Waals surface area contributed by atoms with Crippen molar-refractivity contribution in [2.24, 2.45) is 11.7 Å². The van der Waals surface area contributed by atoms with Crippen LogP contribution in [-0.2, 0) is 0 Å². The Labute approximate surface area is 115 Å². The molecule has 19 heavy (non-hydrogen) atoms. The van der Waals surface area contributed by atoms with Gasteiger partial charge in [-0.1, -0.05) is 19.8 Å². The highest BCUT2D eigenvalue weighted by atomic mass is 19.1. The molecule has 0 spiro atoms. The van der Waals surface area contributed by atoms with Crippen molar-refractivity contribution in [1.29, 1.82) is 0 Å². The summed E-state index contributed by atoms with van der Waals surface area (Å²) in [6.45, 7) is 4.09. The Bertz CT molecular complexity index is 419. The van der Waals surface area contributed by atoms with Gasteiger partial charge in [-0.3, -0.25) is 0 Å². The monoisotopic (exact) mass is 265 g/mol. The van der Waals surface area contributed by atoms with E-state index in [2.05, 4.69) is 6.92 Å². The SMILES string of the molecule is CCC1CCCC(Oc2ccc(F)cc2[C@H](C)N)C1. The predicted octanol–water partition coefficient (Wildman–Crippen LogP) is 4.19. The first kappa shape index (κ1) is 14.3. The van der Waals surface area contributed by atoms with Gasteiger partial charge in [0.05, 0.1) is 6.10 Å². The van der Waals surface area contributed by atoms with E-state index >= 15 is 0 Å². The van der Waals surface area contributed by atoms with Crippen LogP contribution in [0, 0.1) is 11.7 Å². The quantitative estimate of drug-likeness (QED) is 0.885. The summed E-state index contributed by atoms with van der Waals surface area (Å²) in [5.74, 6) is 1.26. The van der Waals surface area contributed by atoms with Crippen LogP contribution in [0.1, 0.15) is 57.6 Å². The molecule has 2 unspecified atom stereocenters. The van der Waals surface area contributed by atoms with Crippen LogP contribution < -0.4 is 10.5 Å². The number of ether oxygens (including phenoxy) is 1. The third-order valence-electron chi connectivity index (χ3n) is 4.07. The predicted molar refractivity (Wildman–Crippen MR) is 75.7 cm³/mol. The van der Waals surface area contributed by atoms with Gasteiger partial charge in [-0.2, -0.15) is 0 Å². The summed E-state index contributed by atoms with van der Waals surface area (Å²) in [7, 11) is 0. The highest BCUT2D eigenvalue weighted by Crippen LogP contribution is 2.32. The van der Waals surface area contributed by atoms with Gasteiger partial charge >= 0.3 is 0 Å². The molecule has 0 amide bonds. The van der Waals surface area contributed by atoms with Crippen LogP contribution in [0.5, 0.6) is 5.75 Å². The van der Waals surface area contributed by atoms with Crippen LogP contribution in [-0.4, -0.2) is 6.10 Å². The zero-order valence-corrected chi connectivity index (χ0v) is 11.9. The fourth-order valence-corrected chi connectivity index (χ4v) is 2.88. The average Bonchev–Trinajstić information content (AvgIpc) is 2.41. The molecule has 1 saturated carbocycles. The summed E-state index contributed by atoms with van der Waals surface area (Å²) in [5, 5.41) is 0. The van der Waals surface area contributed by atoms with Gasteiger partial charge in [0.15, 0.2) is 0 Å². The molecule has 1 aliphatic carbocycles. The standard InChI is InChI=1S/C16H24FNO/c1-3-12-5-4-6-14(9-12)19-16-8-7-13(17)10-15(16)11(2)18/h7-8,10-12,14H,3-6,9,18H2,1-2H3/t11-,12?,14?/m0/s1. The van der Waals surface area contributed by atoms with Gasteiger partial charge in [0.2, 0.25) is 0 Å². The smallest absolute Gasteiger partial charge is 0.124 e. The van der Waals surface area contributed by atoms with E-state index in [9.17, 15) is 4.39 Å².